The SMILES string of the molecule is O=C(c1cc2n(n1)[C@H](C(F)(F)F)C[C@H](c1ccc3c(c1)OCO3)N2)N1CCN(c2ccccc2)CC1. The van der Waals surface area contributed by atoms with Crippen LogP contribution in [0.25, 0.3) is 0 Å². The minimum absolute atomic E-state index is 0.00578. The molecule has 3 aromatic rings. The lowest BCUT2D eigenvalue weighted by Gasteiger charge is -2.35. The molecule has 0 aliphatic carbocycles. The van der Waals surface area contributed by atoms with E-state index in [1.807, 2.05) is 30.3 Å². The Bertz CT molecular complexity index is 1270. The molecule has 2 atom stereocenters. The summed E-state index contributed by atoms with van der Waals surface area (Å²) in [6.45, 7) is 2.29. The van der Waals surface area contributed by atoms with Crippen molar-refractivity contribution in [2.45, 2.75) is 24.7 Å². The monoisotopic (exact) mass is 499 g/mol. The quantitative estimate of drug-likeness (QED) is 0.582. The molecule has 0 saturated carbocycles. The lowest BCUT2D eigenvalue weighted by Crippen LogP contribution is -2.49. The van der Waals surface area contributed by atoms with Crippen LogP contribution in [0.2, 0.25) is 0 Å². The smallest absolute Gasteiger partial charge is 0.410 e. The van der Waals surface area contributed by atoms with Crippen molar-refractivity contribution in [2.24, 2.45) is 0 Å². The van der Waals surface area contributed by atoms with Crippen molar-refractivity contribution in [3.8, 4) is 11.5 Å². The van der Waals surface area contributed by atoms with Gasteiger partial charge < -0.3 is 24.6 Å². The number of alkyl halides is 3. The topological polar surface area (TPSA) is 71.9 Å². The molecule has 8 nitrogen and oxygen atoms in total. The summed E-state index contributed by atoms with van der Waals surface area (Å²) in [7, 11) is 0. The van der Waals surface area contributed by atoms with Crippen molar-refractivity contribution in [3.63, 3.8) is 0 Å². The van der Waals surface area contributed by atoms with Gasteiger partial charge in [-0.25, -0.2) is 4.68 Å². The molecule has 36 heavy (non-hydrogen) atoms. The molecule has 3 aliphatic heterocycles. The van der Waals surface area contributed by atoms with Crippen LogP contribution in [0.4, 0.5) is 24.7 Å². The van der Waals surface area contributed by atoms with Crippen molar-refractivity contribution >= 4 is 17.4 Å². The molecule has 0 bridgehead atoms. The summed E-state index contributed by atoms with van der Waals surface area (Å²) < 4.78 is 53.8. The van der Waals surface area contributed by atoms with Gasteiger partial charge in [-0.2, -0.15) is 18.3 Å². The highest BCUT2D eigenvalue weighted by Crippen LogP contribution is 2.45. The molecule has 1 aromatic heterocycles. The second-order valence-electron chi connectivity index (χ2n) is 9.08. The van der Waals surface area contributed by atoms with Gasteiger partial charge in [0.05, 0.1) is 6.04 Å². The van der Waals surface area contributed by atoms with Crippen molar-refractivity contribution in [1.29, 1.82) is 0 Å². The number of hydrogen-bond donors (Lipinski definition) is 1. The lowest BCUT2D eigenvalue weighted by molar-refractivity contribution is -0.173. The van der Waals surface area contributed by atoms with Crippen molar-refractivity contribution in [3.05, 3.63) is 65.9 Å². The number of ether oxygens (including phenoxy) is 2. The van der Waals surface area contributed by atoms with Gasteiger partial charge in [-0.3, -0.25) is 4.79 Å². The first kappa shape index (κ1) is 22.6. The number of halogens is 3. The van der Waals surface area contributed by atoms with E-state index in [4.69, 9.17) is 9.47 Å². The Kier molecular flexibility index (Phi) is 5.42. The van der Waals surface area contributed by atoms with Gasteiger partial charge in [0.2, 0.25) is 6.79 Å². The fraction of sp³-hybridized carbons (Fsp3) is 0.360. The van der Waals surface area contributed by atoms with Crippen LogP contribution in [0, 0.1) is 0 Å². The highest BCUT2D eigenvalue weighted by Gasteiger charge is 2.47. The van der Waals surface area contributed by atoms with Crippen LogP contribution in [0.3, 0.4) is 0 Å². The number of carbonyl (C=O) groups is 1. The van der Waals surface area contributed by atoms with Crippen LogP contribution in [-0.4, -0.2) is 59.7 Å². The summed E-state index contributed by atoms with van der Waals surface area (Å²) in [4.78, 5) is 17.0. The number of hydrogen-bond acceptors (Lipinski definition) is 6. The number of amides is 1. The molecule has 1 N–H and O–H groups in total. The molecule has 0 spiro atoms. The number of aromatic nitrogens is 2. The third-order valence-electron chi connectivity index (χ3n) is 6.90. The molecule has 0 unspecified atom stereocenters. The van der Waals surface area contributed by atoms with E-state index in [2.05, 4.69) is 15.3 Å². The Morgan fingerprint density at radius 3 is 2.47 bits per heavy atom. The van der Waals surface area contributed by atoms with E-state index < -0.39 is 18.3 Å². The number of nitrogens with zero attached hydrogens (tertiary/aromatic N) is 4. The molecule has 1 saturated heterocycles. The van der Waals surface area contributed by atoms with Gasteiger partial charge in [0.1, 0.15) is 5.82 Å². The number of piperazine rings is 1. The zero-order valence-electron chi connectivity index (χ0n) is 19.2. The number of fused-ring (bicyclic) bond motifs is 2. The molecular weight excluding hydrogens is 475 g/mol. The minimum Gasteiger partial charge on any atom is -0.454 e. The highest BCUT2D eigenvalue weighted by molar-refractivity contribution is 5.93. The second-order valence-corrected chi connectivity index (χ2v) is 9.08. The highest BCUT2D eigenvalue weighted by atomic mass is 19.4. The Hall–Kier alpha value is -3.89. The summed E-state index contributed by atoms with van der Waals surface area (Å²) in [5, 5.41) is 7.26. The maximum absolute atomic E-state index is 14.1. The largest absolute Gasteiger partial charge is 0.454 e. The lowest BCUT2D eigenvalue weighted by atomic mass is 9.96. The maximum Gasteiger partial charge on any atom is 0.410 e. The minimum atomic E-state index is -4.53. The predicted octanol–water partition coefficient (Wildman–Crippen LogP) is 4.23. The third-order valence-corrected chi connectivity index (χ3v) is 6.90. The van der Waals surface area contributed by atoms with Crippen LogP contribution in [0.1, 0.15) is 34.6 Å². The van der Waals surface area contributed by atoms with Gasteiger partial charge in [-0.15, -0.1) is 0 Å². The molecular formula is C25H24F3N5O3. The molecule has 2 aromatic carbocycles. The molecule has 1 amide bonds. The average Bonchev–Trinajstić information content (AvgIpc) is 3.54. The summed E-state index contributed by atoms with van der Waals surface area (Å²) >= 11 is 0. The second kappa shape index (κ2) is 8.65. The van der Waals surface area contributed by atoms with Crippen LogP contribution in [0.15, 0.2) is 54.6 Å². The molecule has 11 heteroatoms. The Morgan fingerprint density at radius 1 is 0.972 bits per heavy atom. The third kappa shape index (κ3) is 4.08. The Morgan fingerprint density at radius 2 is 1.72 bits per heavy atom. The van der Waals surface area contributed by atoms with E-state index in [9.17, 15) is 18.0 Å². The molecule has 6 rings (SSSR count). The van der Waals surface area contributed by atoms with Crippen molar-refractivity contribution in [1.82, 2.24) is 14.7 Å². The van der Waals surface area contributed by atoms with Crippen molar-refractivity contribution < 1.29 is 27.4 Å². The van der Waals surface area contributed by atoms with Gasteiger partial charge in [-0.1, -0.05) is 24.3 Å². The Labute approximate surface area is 205 Å². The maximum atomic E-state index is 14.1. The molecule has 4 heterocycles. The summed E-state index contributed by atoms with van der Waals surface area (Å²) in [6.07, 6.45) is -4.79. The summed E-state index contributed by atoms with van der Waals surface area (Å²) in [6, 6.07) is 13.9. The predicted molar refractivity (Wildman–Crippen MR) is 125 cm³/mol. The normalized spacial score (nSPS) is 21.2. The molecule has 1 fully saturated rings. The number of carbonyl (C=O) groups excluding carboxylic acids is 1. The van der Waals surface area contributed by atoms with Crippen LogP contribution < -0.4 is 19.7 Å². The van der Waals surface area contributed by atoms with Gasteiger partial charge in [-0.05, 0) is 29.8 Å². The summed E-state index contributed by atoms with van der Waals surface area (Å²) in [5.74, 6) is 0.860. The fourth-order valence-electron chi connectivity index (χ4n) is 5.00. The number of anilines is 2. The molecule has 0 radical (unpaired) electrons. The number of para-hydroxylation sites is 1. The van der Waals surface area contributed by atoms with Crippen LogP contribution >= 0.6 is 0 Å². The summed E-state index contributed by atoms with van der Waals surface area (Å²) in [5.41, 5.74) is 1.73. The zero-order chi connectivity index (χ0) is 24.9. The van der Waals surface area contributed by atoms with E-state index in [1.54, 1.807) is 23.1 Å². The fourth-order valence-corrected chi connectivity index (χ4v) is 5.00. The van der Waals surface area contributed by atoms with E-state index in [0.717, 1.165) is 10.4 Å². The zero-order valence-corrected chi connectivity index (χ0v) is 19.2. The first-order valence-electron chi connectivity index (χ1n) is 11.8. The van der Waals surface area contributed by atoms with Gasteiger partial charge >= 0.3 is 6.18 Å². The van der Waals surface area contributed by atoms with E-state index in [-0.39, 0.29) is 30.6 Å². The van der Waals surface area contributed by atoms with Crippen LogP contribution in [0.5, 0.6) is 11.5 Å². The molecule has 3 aliphatic rings. The first-order chi connectivity index (χ1) is 17.4. The van der Waals surface area contributed by atoms with Gasteiger partial charge in [0, 0.05) is 44.4 Å². The number of rotatable bonds is 3. The van der Waals surface area contributed by atoms with Crippen LogP contribution in [-0.2, 0) is 0 Å². The number of nitrogens with one attached hydrogen (secondary N) is 1. The van der Waals surface area contributed by atoms with Crippen molar-refractivity contribution in [2.75, 3.05) is 43.2 Å². The van der Waals surface area contributed by atoms with Gasteiger partial charge in [0.25, 0.3) is 5.91 Å². The van der Waals surface area contributed by atoms with E-state index in [1.165, 1.54) is 6.07 Å². The standard InChI is InChI=1S/C25H24F3N5O3/c26-25(27,28)22-13-18(16-6-7-20-21(12-16)36-15-35-20)29-23-14-19(30-33(22)23)24(34)32-10-8-31(9-11-32)17-4-2-1-3-5-17/h1-7,12,14,18,22,29H,8-11,13,15H2/t18-,22+/m1/s1. The van der Waals surface area contributed by atoms with E-state index in [0.29, 0.717) is 43.2 Å². The Balaban J connectivity index is 1.22. The average molecular weight is 499 g/mol. The van der Waals surface area contributed by atoms with E-state index >= 15 is 0 Å². The molecule has 188 valence electrons. The number of benzene rings is 2. The van der Waals surface area contributed by atoms with Gasteiger partial charge in [0.15, 0.2) is 23.2 Å². The first-order valence-corrected chi connectivity index (χ1v) is 11.8.